The second kappa shape index (κ2) is 5.83. The van der Waals surface area contributed by atoms with Crippen LogP contribution in [0.1, 0.15) is 18.4 Å². The van der Waals surface area contributed by atoms with E-state index >= 15 is 0 Å². The first-order valence-corrected chi connectivity index (χ1v) is 7.53. The SMILES string of the molecule is CN1CCC(CNC(=O)[C@@H]2Cc3ccccc3N2)CC1. The molecule has 2 aliphatic heterocycles. The van der Waals surface area contributed by atoms with Crippen molar-refractivity contribution in [2.45, 2.75) is 25.3 Å². The van der Waals surface area contributed by atoms with Crippen LogP contribution >= 0.6 is 0 Å². The van der Waals surface area contributed by atoms with Crippen molar-refractivity contribution in [3.05, 3.63) is 29.8 Å². The molecule has 108 valence electrons. The van der Waals surface area contributed by atoms with Gasteiger partial charge in [-0.25, -0.2) is 0 Å². The van der Waals surface area contributed by atoms with Crippen LogP contribution in [-0.4, -0.2) is 43.5 Å². The van der Waals surface area contributed by atoms with Crippen LogP contribution in [0.2, 0.25) is 0 Å². The van der Waals surface area contributed by atoms with Gasteiger partial charge < -0.3 is 15.5 Å². The van der Waals surface area contributed by atoms with E-state index in [0.29, 0.717) is 5.92 Å². The van der Waals surface area contributed by atoms with Crippen molar-refractivity contribution in [1.29, 1.82) is 0 Å². The molecule has 0 aliphatic carbocycles. The number of piperidine rings is 1. The maximum atomic E-state index is 12.2. The third-order valence-electron chi connectivity index (χ3n) is 4.49. The van der Waals surface area contributed by atoms with E-state index in [4.69, 9.17) is 0 Å². The van der Waals surface area contributed by atoms with E-state index in [1.807, 2.05) is 18.2 Å². The molecule has 4 heteroatoms. The van der Waals surface area contributed by atoms with E-state index in [0.717, 1.165) is 31.7 Å². The molecule has 1 aromatic carbocycles. The van der Waals surface area contributed by atoms with Crippen LogP contribution < -0.4 is 10.6 Å². The summed E-state index contributed by atoms with van der Waals surface area (Å²) in [5.41, 5.74) is 2.35. The lowest BCUT2D eigenvalue weighted by Crippen LogP contribution is -2.42. The maximum Gasteiger partial charge on any atom is 0.242 e. The summed E-state index contributed by atoms with van der Waals surface area (Å²) in [5, 5.41) is 6.43. The number of hydrogen-bond donors (Lipinski definition) is 2. The van der Waals surface area contributed by atoms with Crippen LogP contribution in [0, 0.1) is 5.92 Å². The molecule has 0 radical (unpaired) electrons. The summed E-state index contributed by atoms with van der Waals surface area (Å²) >= 11 is 0. The minimum absolute atomic E-state index is 0.0985. The quantitative estimate of drug-likeness (QED) is 0.877. The summed E-state index contributed by atoms with van der Waals surface area (Å²) < 4.78 is 0. The van der Waals surface area contributed by atoms with Gasteiger partial charge in [0.25, 0.3) is 0 Å². The van der Waals surface area contributed by atoms with Gasteiger partial charge >= 0.3 is 0 Å². The fraction of sp³-hybridized carbons (Fsp3) is 0.562. The summed E-state index contributed by atoms with van der Waals surface area (Å²) in [6.45, 7) is 3.11. The highest BCUT2D eigenvalue weighted by Gasteiger charge is 2.26. The average Bonchev–Trinajstić information content (AvgIpc) is 2.90. The zero-order valence-corrected chi connectivity index (χ0v) is 12.1. The fourth-order valence-corrected chi connectivity index (χ4v) is 3.09. The highest BCUT2D eigenvalue weighted by atomic mass is 16.2. The van der Waals surface area contributed by atoms with Crippen molar-refractivity contribution in [2.75, 3.05) is 32.0 Å². The van der Waals surface area contributed by atoms with Crippen molar-refractivity contribution >= 4 is 11.6 Å². The minimum atomic E-state index is -0.0985. The predicted molar refractivity (Wildman–Crippen MR) is 80.8 cm³/mol. The second-order valence-electron chi connectivity index (χ2n) is 6.05. The third kappa shape index (κ3) is 2.96. The molecule has 0 unspecified atom stereocenters. The van der Waals surface area contributed by atoms with Crippen LogP contribution in [-0.2, 0) is 11.2 Å². The zero-order chi connectivity index (χ0) is 13.9. The van der Waals surface area contributed by atoms with Gasteiger partial charge in [0.1, 0.15) is 6.04 Å². The Labute approximate surface area is 120 Å². The van der Waals surface area contributed by atoms with E-state index in [1.54, 1.807) is 0 Å². The van der Waals surface area contributed by atoms with Crippen LogP contribution in [0.15, 0.2) is 24.3 Å². The molecule has 1 saturated heterocycles. The number of amides is 1. The van der Waals surface area contributed by atoms with Crippen LogP contribution in [0.5, 0.6) is 0 Å². The Morgan fingerprint density at radius 2 is 2.10 bits per heavy atom. The summed E-state index contributed by atoms with van der Waals surface area (Å²) in [4.78, 5) is 14.6. The Morgan fingerprint density at radius 1 is 1.35 bits per heavy atom. The Kier molecular flexibility index (Phi) is 3.92. The van der Waals surface area contributed by atoms with Gasteiger partial charge in [-0.3, -0.25) is 4.79 Å². The summed E-state index contributed by atoms with van der Waals surface area (Å²) in [6, 6.07) is 8.06. The lowest BCUT2D eigenvalue weighted by Gasteiger charge is -2.29. The second-order valence-corrected chi connectivity index (χ2v) is 6.05. The highest BCUT2D eigenvalue weighted by Crippen LogP contribution is 2.25. The first kappa shape index (κ1) is 13.4. The molecule has 2 N–H and O–H groups in total. The van der Waals surface area contributed by atoms with Gasteiger partial charge in [0.2, 0.25) is 5.91 Å². The zero-order valence-electron chi connectivity index (χ0n) is 12.1. The monoisotopic (exact) mass is 273 g/mol. The van der Waals surface area contributed by atoms with E-state index in [1.165, 1.54) is 18.4 Å². The molecular formula is C16H23N3O. The van der Waals surface area contributed by atoms with E-state index in [2.05, 4.69) is 28.6 Å². The Balaban J connectivity index is 1.47. The van der Waals surface area contributed by atoms with Crippen molar-refractivity contribution in [1.82, 2.24) is 10.2 Å². The number of nitrogens with one attached hydrogen (secondary N) is 2. The molecule has 0 aromatic heterocycles. The van der Waals surface area contributed by atoms with Gasteiger partial charge in [-0.15, -0.1) is 0 Å². The van der Waals surface area contributed by atoms with Crippen LogP contribution in [0.3, 0.4) is 0 Å². The largest absolute Gasteiger partial charge is 0.373 e. The van der Waals surface area contributed by atoms with Gasteiger partial charge in [-0.2, -0.15) is 0 Å². The summed E-state index contributed by atoms with van der Waals surface area (Å²) in [5.74, 6) is 0.777. The highest BCUT2D eigenvalue weighted by molar-refractivity contribution is 5.87. The number of carbonyl (C=O) groups excluding carboxylic acids is 1. The number of hydrogen-bond acceptors (Lipinski definition) is 3. The first-order chi connectivity index (χ1) is 9.72. The molecule has 20 heavy (non-hydrogen) atoms. The molecule has 1 aromatic rings. The summed E-state index contributed by atoms with van der Waals surface area (Å²) in [6.07, 6.45) is 3.18. The number of para-hydroxylation sites is 1. The molecule has 2 heterocycles. The molecule has 1 fully saturated rings. The van der Waals surface area contributed by atoms with Crippen LogP contribution in [0.4, 0.5) is 5.69 Å². The van der Waals surface area contributed by atoms with Gasteiger partial charge in [-0.05, 0) is 50.5 Å². The number of carbonyl (C=O) groups is 1. The van der Waals surface area contributed by atoms with Crippen molar-refractivity contribution in [3.8, 4) is 0 Å². The molecule has 3 rings (SSSR count). The molecule has 0 bridgehead atoms. The van der Waals surface area contributed by atoms with Gasteiger partial charge in [0.15, 0.2) is 0 Å². The maximum absolute atomic E-state index is 12.2. The number of rotatable bonds is 3. The first-order valence-electron chi connectivity index (χ1n) is 7.53. The number of anilines is 1. The van der Waals surface area contributed by atoms with Gasteiger partial charge in [0.05, 0.1) is 0 Å². The third-order valence-corrected chi connectivity index (χ3v) is 4.49. The van der Waals surface area contributed by atoms with Crippen LogP contribution in [0.25, 0.3) is 0 Å². The number of nitrogens with zero attached hydrogens (tertiary/aromatic N) is 1. The smallest absolute Gasteiger partial charge is 0.242 e. The minimum Gasteiger partial charge on any atom is -0.373 e. The molecular weight excluding hydrogens is 250 g/mol. The van der Waals surface area contributed by atoms with Crippen molar-refractivity contribution in [2.24, 2.45) is 5.92 Å². The fourth-order valence-electron chi connectivity index (χ4n) is 3.09. The Morgan fingerprint density at radius 3 is 2.85 bits per heavy atom. The standard InChI is InChI=1S/C16H23N3O/c1-19-8-6-12(7-9-19)11-17-16(20)15-10-13-4-2-3-5-14(13)18-15/h2-5,12,15,18H,6-11H2,1H3,(H,17,20)/t15-/m0/s1. The molecule has 0 spiro atoms. The lowest BCUT2D eigenvalue weighted by molar-refractivity contribution is -0.121. The topological polar surface area (TPSA) is 44.4 Å². The van der Waals surface area contributed by atoms with Gasteiger partial charge in [-0.1, -0.05) is 18.2 Å². The van der Waals surface area contributed by atoms with E-state index in [9.17, 15) is 4.79 Å². The Hall–Kier alpha value is -1.55. The molecule has 4 nitrogen and oxygen atoms in total. The number of fused-ring (bicyclic) bond motifs is 1. The van der Waals surface area contributed by atoms with Gasteiger partial charge in [0, 0.05) is 18.7 Å². The van der Waals surface area contributed by atoms with Crippen molar-refractivity contribution in [3.63, 3.8) is 0 Å². The Bertz CT molecular complexity index is 455. The molecule has 1 atom stereocenters. The van der Waals surface area contributed by atoms with E-state index in [-0.39, 0.29) is 11.9 Å². The number of benzene rings is 1. The molecule has 2 aliphatic rings. The van der Waals surface area contributed by atoms with E-state index < -0.39 is 0 Å². The average molecular weight is 273 g/mol. The normalized spacial score (nSPS) is 23.1. The van der Waals surface area contributed by atoms with Crippen molar-refractivity contribution < 1.29 is 4.79 Å². The molecule has 0 saturated carbocycles. The summed E-state index contributed by atoms with van der Waals surface area (Å²) in [7, 11) is 2.16. The molecule has 1 amide bonds. The predicted octanol–water partition coefficient (Wildman–Crippen LogP) is 1.48. The lowest BCUT2D eigenvalue weighted by atomic mass is 9.97. The number of likely N-dealkylation sites (tertiary alicyclic amines) is 1.